The summed E-state index contributed by atoms with van der Waals surface area (Å²) < 4.78 is 13.1. The molecule has 0 amide bonds. The number of aryl methyl sites for hydroxylation is 1. The van der Waals surface area contributed by atoms with Crippen molar-refractivity contribution in [1.29, 1.82) is 0 Å². The number of nitrogens with zero attached hydrogens (tertiary/aromatic N) is 2. The summed E-state index contributed by atoms with van der Waals surface area (Å²) in [6, 6.07) is 0. The van der Waals surface area contributed by atoms with E-state index in [0.29, 0.717) is 6.61 Å². The Labute approximate surface area is 111 Å². The predicted octanol–water partition coefficient (Wildman–Crippen LogP) is 0.0702. The molecule has 0 saturated carbocycles. The van der Waals surface area contributed by atoms with Gasteiger partial charge in [-0.15, -0.1) is 0 Å². The van der Waals surface area contributed by atoms with Crippen molar-refractivity contribution >= 4 is 0 Å². The molecular weight excluding hydrogens is 246 g/mol. The first-order valence-electron chi connectivity index (χ1n) is 6.72. The average molecular weight is 265 g/mol. The zero-order valence-electron chi connectivity index (χ0n) is 11.1. The van der Waals surface area contributed by atoms with Crippen LogP contribution < -0.4 is 15.6 Å². The minimum absolute atomic E-state index is 0.0596. The summed E-state index contributed by atoms with van der Waals surface area (Å²) in [5.74, 6) is 0.171. The lowest BCUT2D eigenvalue weighted by Gasteiger charge is -2.32. The standard InChI is InChI=1S/C13H19N3O3/c1-16-7-6-15-11(12(16)17)19-10-8-13(18-9-10)2-4-14-5-3-13/h6-7,10,14H,2-5,8-9H2,1H3. The quantitative estimate of drug-likeness (QED) is 0.820. The highest BCUT2D eigenvalue weighted by Crippen LogP contribution is 2.34. The van der Waals surface area contributed by atoms with E-state index in [1.165, 1.54) is 4.57 Å². The minimum atomic E-state index is -0.200. The van der Waals surface area contributed by atoms with Gasteiger partial charge in [0.1, 0.15) is 6.10 Å². The van der Waals surface area contributed by atoms with Crippen molar-refractivity contribution in [2.45, 2.75) is 31.0 Å². The van der Waals surface area contributed by atoms with E-state index in [4.69, 9.17) is 9.47 Å². The molecule has 1 unspecified atom stereocenters. The highest BCUT2D eigenvalue weighted by atomic mass is 16.6. The summed E-state index contributed by atoms with van der Waals surface area (Å²) in [4.78, 5) is 15.9. The Bertz CT molecular complexity index is 508. The Morgan fingerprint density at radius 2 is 2.32 bits per heavy atom. The SMILES string of the molecule is Cn1ccnc(OC2COC3(CCNCC3)C2)c1=O. The summed E-state index contributed by atoms with van der Waals surface area (Å²) in [5.41, 5.74) is -0.260. The van der Waals surface area contributed by atoms with E-state index in [1.54, 1.807) is 19.4 Å². The number of nitrogens with one attached hydrogen (secondary N) is 1. The number of rotatable bonds is 2. The van der Waals surface area contributed by atoms with Crippen molar-refractivity contribution in [3.05, 3.63) is 22.7 Å². The van der Waals surface area contributed by atoms with E-state index >= 15 is 0 Å². The number of piperidine rings is 1. The Morgan fingerprint density at radius 1 is 1.53 bits per heavy atom. The predicted molar refractivity (Wildman–Crippen MR) is 69.3 cm³/mol. The molecule has 19 heavy (non-hydrogen) atoms. The first kappa shape index (κ1) is 12.6. The van der Waals surface area contributed by atoms with Crippen molar-refractivity contribution in [1.82, 2.24) is 14.9 Å². The maximum absolute atomic E-state index is 11.8. The third kappa shape index (κ3) is 2.50. The van der Waals surface area contributed by atoms with Crippen LogP contribution >= 0.6 is 0 Å². The van der Waals surface area contributed by atoms with Gasteiger partial charge in [-0.3, -0.25) is 4.79 Å². The molecule has 1 N–H and O–H groups in total. The molecule has 0 aliphatic carbocycles. The smallest absolute Gasteiger partial charge is 0.313 e. The molecular formula is C13H19N3O3. The van der Waals surface area contributed by atoms with E-state index in [9.17, 15) is 4.79 Å². The Kier molecular flexibility index (Phi) is 3.28. The van der Waals surface area contributed by atoms with E-state index in [2.05, 4.69) is 10.3 Å². The van der Waals surface area contributed by atoms with Gasteiger partial charge >= 0.3 is 5.56 Å². The second kappa shape index (κ2) is 4.94. The molecule has 2 aliphatic heterocycles. The summed E-state index contributed by atoms with van der Waals surface area (Å²) in [7, 11) is 1.69. The normalized spacial score (nSPS) is 25.6. The number of aromatic nitrogens is 2. The molecule has 0 bridgehead atoms. The fraction of sp³-hybridized carbons (Fsp3) is 0.692. The Balaban J connectivity index is 1.69. The summed E-state index contributed by atoms with van der Waals surface area (Å²) in [5, 5.41) is 3.33. The highest BCUT2D eigenvalue weighted by Gasteiger charge is 2.42. The lowest BCUT2D eigenvalue weighted by Crippen LogP contribution is -2.41. The molecule has 104 valence electrons. The van der Waals surface area contributed by atoms with E-state index < -0.39 is 0 Å². The van der Waals surface area contributed by atoms with E-state index in [-0.39, 0.29) is 23.1 Å². The average Bonchev–Trinajstić information content (AvgIpc) is 2.79. The van der Waals surface area contributed by atoms with E-state index in [0.717, 1.165) is 32.4 Å². The Morgan fingerprint density at radius 3 is 3.11 bits per heavy atom. The molecule has 2 saturated heterocycles. The van der Waals surface area contributed by atoms with Gasteiger partial charge < -0.3 is 19.4 Å². The molecule has 1 spiro atoms. The summed E-state index contributed by atoms with van der Waals surface area (Å²) in [6.45, 7) is 2.51. The highest BCUT2D eigenvalue weighted by molar-refractivity contribution is 5.06. The van der Waals surface area contributed by atoms with Gasteiger partial charge in [0, 0.05) is 25.9 Å². The molecule has 3 rings (SSSR count). The van der Waals surface area contributed by atoms with Gasteiger partial charge in [0.2, 0.25) is 0 Å². The molecule has 1 atom stereocenters. The molecule has 0 aromatic carbocycles. The van der Waals surface area contributed by atoms with Crippen LogP contribution in [-0.2, 0) is 11.8 Å². The third-order valence-corrected chi connectivity index (χ3v) is 3.95. The molecule has 1 aromatic heterocycles. The second-order valence-electron chi connectivity index (χ2n) is 5.34. The van der Waals surface area contributed by atoms with Crippen LogP contribution in [0.2, 0.25) is 0 Å². The maximum Gasteiger partial charge on any atom is 0.313 e. The summed E-state index contributed by atoms with van der Waals surface area (Å²) >= 11 is 0. The monoisotopic (exact) mass is 265 g/mol. The molecule has 2 fully saturated rings. The van der Waals surface area contributed by atoms with Crippen molar-refractivity contribution in [2.75, 3.05) is 19.7 Å². The van der Waals surface area contributed by atoms with Crippen LogP contribution in [0, 0.1) is 0 Å². The van der Waals surface area contributed by atoms with Crippen LogP contribution in [0.1, 0.15) is 19.3 Å². The van der Waals surface area contributed by atoms with Gasteiger partial charge in [-0.25, -0.2) is 4.98 Å². The van der Waals surface area contributed by atoms with Gasteiger partial charge in [0.25, 0.3) is 5.88 Å². The maximum atomic E-state index is 11.8. The Hall–Kier alpha value is -1.40. The first-order valence-corrected chi connectivity index (χ1v) is 6.72. The number of hydrogen-bond acceptors (Lipinski definition) is 5. The van der Waals surface area contributed by atoms with Crippen LogP contribution in [0.3, 0.4) is 0 Å². The molecule has 2 aliphatic rings. The second-order valence-corrected chi connectivity index (χ2v) is 5.34. The number of ether oxygens (including phenoxy) is 2. The van der Waals surface area contributed by atoms with Crippen LogP contribution in [0.5, 0.6) is 5.88 Å². The van der Waals surface area contributed by atoms with Gasteiger partial charge in [0.15, 0.2) is 0 Å². The largest absolute Gasteiger partial charge is 0.468 e. The first-order chi connectivity index (χ1) is 9.19. The summed E-state index contributed by atoms with van der Waals surface area (Å²) in [6.07, 6.45) is 5.98. The minimum Gasteiger partial charge on any atom is -0.468 e. The zero-order chi connectivity index (χ0) is 13.3. The van der Waals surface area contributed by atoms with Crippen LogP contribution in [0.25, 0.3) is 0 Å². The molecule has 1 aromatic rings. The number of hydrogen-bond donors (Lipinski definition) is 1. The zero-order valence-corrected chi connectivity index (χ0v) is 11.1. The van der Waals surface area contributed by atoms with Crippen molar-refractivity contribution in [3.63, 3.8) is 0 Å². The van der Waals surface area contributed by atoms with Gasteiger partial charge in [-0.1, -0.05) is 0 Å². The van der Waals surface area contributed by atoms with E-state index in [1.807, 2.05) is 0 Å². The molecule has 6 nitrogen and oxygen atoms in total. The lowest BCUT2D eigenvalue weighted by atomic mass is 9.89. The van der Waals surface area contributed by atoms with Crippen molar-refractivity contribution < 1.29 is 9.47 Å². The van der Waals surface area contributed by atoms with Gasteiger partial charge in [-0.2, -0.15) is 0 Å². The topological polar surface area (TPSA) is 65.4 Å². The van der Waals surface area contributed by atoms with Crippen molar-refractivity contribution in [3.8, 4) is 5.88 Å². The fourth-order valence-electron chi connectivity index (χ4n) is 2.82. The van der Waals surface area contributed by atoms with Gasteiger partial charge in [-0.05, 0) is 25.9 Å². The van der Waals surface area contributed by atoms with Crippen molar-refractivity contribution in [2.24, 2.45) is 7.05 Å². The van der Waals surface area contributed by atoms with Crippen LogP contribution in [0.15, 0.2) is 17.2 Å². The third-order valence-electron chi connectivity index (χ3n) is 3.95. The molecule has 6 heteroatoms. The molecule has 0 radical (unpaired) electrons. The fourth-order valence-corrected chi connectivity index (χ4v) is 2.82. The van der Waals surface area contributed by atoms with Gasteiger partial charge in [0.05, 0.1) is 12.2 Å². The lowest BCUT2D eigenvalue weighted by molar-refractivity contribution is -0.0206. The molecule has 3 heterocycles. The van der Waals surface area contributed by atoms with Crippen LogP contribution in [0.4, 0.5) is 0 Å². The van der Waals surface area contributed by atoms with Crippen LogP contribution in [-0.4, -0.2) is 41.0 Å².